The zero-order valence-corrected chi connectivity index (χ0v) is 11.3. The summed E-state index contributed by atoms with van der Waals surface area (Å²) in [6, 6.07) is 9.75. The second kappa shape index (κ2) is 9.53. The third-order valence-corrected chi connectivity index (χ3v) is 3.07. The first-order valence-electron chi connectivity index (χ1n) is 6.92. The number of aliphatic hydroxyl groups is 1. The highest BCUT2D eigenvalue weighted by Gasteiger charge is 2.08. The monoisotopic (exact) mass is 264 g/mol. The fraction of sp³-hybridized carbons (Fsp3) is 0.533. The van der Waals surface area contributed by atoms with Crippen LogP contribution in [0.25, 0.3) is 0 Å². The Hall–Kier alpha value is -1.39. The summed E-state index contributed by atoms with van der Waals surface area (Å²) in [4.78, 5) is 11.6. The Balaban J connectivity index is 2.13. The molecular weight excluding hydrogens is 240 g/mol. The van der Waals surface area contributed by atoms with Crippen molar-refractivity contribution in [2.75, 3.05) is 13.2 Å². The molecule has 0 spiro atoms. The molecule has 0 aromatic heterocycles. The van der Waals surface area contributed by atoms with E-state index in [4.69, 9.17) is 10.8 Å². The third-order valence-electron chi connectivity index (χ3n) is 3.07. The zero-order chi connectivity index (χ0) is 13.9. The zero-order valence-electron chi connectivity index (χ0n) is 11.3. The van der Waals surface area contributed by atoms with Crippen molar-refractivity contribution in [3.8, 4) is 0 Å². The van der Waals surface area contributed by atoms with Crippen LogP contribution in [0.2, 0.25) is 0 Å². The molecule has 1 rings (SSSR count). The van der Waals surface area contributed by atoms with Crippen molar-refractivity contribution in [3.63, 3.8) is 0 Å². The predicted molar refractivity (Wildman–Crippen MR) is 76.6 cm³/mol. The Labute approximate surface area is 115 Å². The summed E-state index contributed by atoms with van der Waals surface area (Å²) in [6.07, 6.45) is 3.77. The minimum absolute atomic E-state index is 0.0513. The molecule has 19 heavy (non-hydrogen) atoms. The summed E-state index contributed by atoms with van der Waals surface area (Å²) < 4.78 is 0. The first kappa shape index (κ1) is 15.7. The van der Waals surface area contributed by atoms with Crippen molar-refractivity contribution < 1.29 is 9.90 Å². The maximum Gasteiger partial charge on any atom is 0.220 e. The van der Waals surface area contributed by atoms with E-state index in [1.165, 1.54) is 0 Å². The molecule has 0 aliphatic heterocycles. The lowest BCUT2D eigenvalue weighted by atomic mass is 10.0. The molecule has 106 valence electrons. The molecule has 1 unspecified atom stereocenters. The molecule has 4 N–H and O–H groups in total. The molecule has 0 aliphatic rings. The number of aliphatic hydroxyl groups excluding tert-OH is 1. The molecule has 4 heteroatoms. The Kier molecular flexibility index (Phi) is 7.86. The highest BCUT2D eigenvalue weighted by molar-refractivity contribution is 5.75. The van der Waals surface area contributed by atoms with E-state index in [-0.39, 0.29) is 18.6 Å². The van der Waals surface area contributed by atoms with Gasteiger partial charge in [0.05, 0.1) is 0 Å². The number of hydrogen-bond donors (Lipinski definition) is 3. The van der Waals surface area contributed by atoms with Crippen molar-refractivity contribution in [1.29, 1.82) is 0 Å². The summed E-state index contributed by atoms with van der Waals surface area (Å²) in [5.41, 5.74) is 7.10. The van der Waals surface area contributed by atoms with Gasteiger partial charge in [0.15, 0.2) is 0 Å². The fourth-order valence-corrected chi connectivity index (χ4v) is 1.88. The van der Waals surface area contributed by atoms with E-state index in [9.17, 15) is 4.79 Å². The molecule has 4 nitrogen and oxygen atoms in total. The van der Waals surface area contributed by atoms with Crippen LogP contribution in [0.4, 0.5) is 0 Å². The molecule has 1 atom stereocenters. The summed E-state index contributed by atoms with van der Waals surface area (Å²) in [6.45, 7) is 0.902. The minimum Gasteiger partial charge on any atom is -0.396 e. The maximum atomic E-state index is 11.6. The van der Waals surface area contributed by atoms with Crippen LogP contribution >= 0.6 is 0 Å². The molecule has 0 heterocycles. The average Bonchev–Trinajstić information content (AvgIpc) is 2.45. The van der Waals surface area contributed by atoms with Crippen LogP contribution in [-0.4, -0.2) is 24.2 Å². The van der Waals surface area contributed by atoms with E-state index in [2.05, 4.69) is 5.32 Å². The van der Waals surface area contributed by atoms with Crippen LogP contribution in [0.1, 0.15) is 43.7 Å². The lowest BCUT2D eigenvalue weighted by Gasteiger charge is -2.11. The van der Waals surface area contributed by atoms with Gasteiger partial charge in [-0.15, -0.1) is 0 Å². The summed E-state index contributed by atoms with van der Waals surface area (Å²) in [7, 11) is 0. The van der Waals surface area contributed by atoms with Gasteiger partial charge in [0.1, 0.15) is 0 Å². The lowest BCUT2D eigenvalue weighted by Crippen LogP contribution is -2.25. The molecule has 0 radical (unpaired) electrons. The third kappa shape index (κ3) is 6.94. The maximum absolute atomic E-state index is 11.6. The van der Waals surface area contributed by atoms with Crippen molar-refractivity contribution in [3.05, 3.63) is 35.9 Å². The van der Waals surface area contributed by atoms with Gasteiger partial charge in [-0.2, -0.15) is 0 Å². The van der Waals surface area contributed by atoms with Crippen molar-refractivity contribution >= 4 is 5.91 Å². The van der Waals surface area contributed by atoms with E-state index < -0.39 is 0 Å². The van der Waals surface area contributed by atoms with Gasteiger partial charge in [-0.3, -0.25) is 4.79 Å². The number of nitrogens with two attached hydrogens (primary N) is 1. The van der Waals surface area contributed by atoms with Crippen LogP contribution in [0, 0.1) is 0 Å². The summed E-state index contributed by atoms with van der Waals surface area (Å²) in [5, 5.41) is 11.5. The highest BCUT2D eigenvalue weighted by atomic mass is 16.2. The largest absolute Gasteiger partial charge is 0.396 e. The van der Waals surface area contributed by atoms with Gasteiger partial charge >= 0.3 is 0 Å². The quantitative estimate of drug-likeness (QED) is 0.595. The minimum atomic E-state index is -0.0821. The molecule has 0 bridgehead atoms. The molecule has 0 saturated carbocycles. The Bertz CT molecular complexity index is 354. The van der Waals surface area contributed by atoms with Gasteiger partial charge in [-0.1, -0.05) is 30.3 Å². The lowest BCUT2D eigenvalue weighted by molar-refractivity contribution is -0.121. The molecule has 0 fully saturated rings. The second-order valence-corrected chi connectivity index (χ2v) is 4.69. The molecule has 0 aliphatic carbocycles. The molecule has 1 aromatic carbocycles. The smallest absolute Gasteiger partial charge is 0.220 e. The topological polar surface area (TPSA) is 75.4 Å². The van der Waals surface area contributed by atoms with Gasteiger partial charge in [-0.05, 0) is 31.2 Å². The van der Waals surface area contributed by atoms with Crippen molar-refractivity contribution in [1.82, 2.24) is 5.32 Å². The Morgan fingerprint density at radius 3 is 2.63 bits per heavy atom. The van der Waals surface area contributed by atoms with Crippen LogP contribution in [0.5, 0.6) is 0 Å². The number of benzene rings is 1. The second-order valence-electron chi connectivity index (χ2n) is 4.69. The Morgan fingerprint density at radius 2 is 1.95 bits per heavy atom. The highest BCUT2D eigenvalue weighted by Crippen LogP contribution is 2.14. The standard InChI is InChI=1S/C15H24N2O2/c16-14(13-7-3-1-4-8-13)9-10-15(19)17-11-5-2-6-12-18/h1,3-4,7-8,14,18H,2,5-6,9-12,16H2,(H,17,19). The van der Waals surface area contributed by atoms with Crippen LogP contribution < -0.4 is 11.1 Å². The van der Waals surface area contributed by atoms with Gasteiger partial charge in [-0.25, -0.2) is 0 Å². The Morgan fingerprint density at radius 1 is 1.21 bits per heavy atom. The molecule has 1 aromatic rings. The van der Waals surface area contributed by atoms with Crippen molar-refractivity contribution in [2.24, 2.45) is 5.73 Å². The normalized spacial score (nSPS) is 12.1. The molecular formula is C15H24N2O2. The number of amides is 1. The molecule has 0 saturated heterocycles. The van der Waals surface area contributed by atoms with E-state index in [1.807, 2.05) is 30.3 Å². The van der Waals surface area contributed by atoms with E-state index in [0.717, 1.165) is 24.8 Å². The van der Waals surface area contributed by atoms with Crippen LogP contribution in [-0.2, 0) is 4.79 Å². The number of rotatable bonds is 9. The first-order chi connectivity index (χ1) is 9.24. The SMILES string of the molecule is NC(CCC(=O)NCCCCCO)c1ccccc1. The summed E-state index contributed by atoms with van der Waals surface area (Å²) >= 11 is 0. The number of carbonyl (C=O) groups excluding carboxylic acids is 1. The van der Waals surface area contributed by atoms with E-state index in [0.29, 0.717) is 19.4 Å². The van der Waals surface area contributed by atoms with Gasteiger partial charge < -0.3 is 16.2 Å². The summed E-state index contributed by atoms with van der Waals surface area (Å²) in [5.74, 6) is 0.0513. The van der Waals surface area contributed by atoms with E-state index in [1.54, 1.807) is 0 Å². The van der Waals surface area contributed by atoms with Gasteiger partial charge in [0, 0.05) is 25.6 Å². The number of carbonyl (C=O) groups is 1. The van der Waals surface area contributed by atoms with Crippen LogP contribution in [0.15, 0.2) is 30.3 Å². The number of hydrogen-bond acceptors (Lipinski definition) is 3. The van der Waals surface area contributed by atoms with Crippen molar-refractivity contribution in [2.45, 2.75) is 38.1 Å². The molecule has 1 amide bonds. The van der Waals surface area contributed by atoms with Crippen LogP contribution in [0.3, 0.4) is 0 Å². The number of nitrogens with one attached hydrogen (secondary N) is 1. The average molecular weight is 264 g/mol. The van der Waals surface area contributed by atoms with E-state index >= 15 is 0 Å². The van der Waals surface area contributed by atoms with Gasteiger partial charge in [0.2, 0.25) is 5.91 Å². The first-order valence-corrected chi connectivity index (χ1v) is 6.92. The fourth-order valence-electron chi connectivity index (χ4n) is 1.88. The number of unbranched alkanes of at least 4 members (excludes halogenated alkanes) is 2. The predicted octanol–water partition coefficient (Wildman–Crippen LogP) is 1.75. The van der Waals surface area contributed by atoms with Gasteiger partial charge in [0.25, 0.3) is 0 Å².